The van der Waals surface area contributed by atoms with Crippen LogP contribution < -0.4 is 4.74 Å². The Morgan fingerprint density at radius 2 is 2.21 bits per heavy atom. The van der Waals surface area contributed by atoms with Crippen LogP contribution in [0.1, 0.15) is 16.4 Å². The van der Waals surface area contributed by atoms with E-state index in [0.29, 0.717) is 5.75 Å². The predicted molar refractivity (Wildman–Crippen MR) is 62.1 cm³/mol. The Labute approximate surface area is 95.6 Å². The van der Waals surface area contributed by atoms with Gasteiger partial charge in [0, 0.05) is 15.6 Å². The number of benzene rings is 1. The lowest BCUT2D eigenvalue weighted by molar-refractivity contribution is -0.384. The zero-order valence-electron chi connectivity index (χ0n) is 7.86. The fourth-order valence-corrected chi connectivity index (χ4v) is 1.66. The van der Waals surface area contributed by atoms with E-state index in [1.54, 1.807) is 6.07 Å². The van der Waals surface area contributed by atoms with E-state index in [4.69, 9.17) is 4.74 Å². The molecule has 0 bridgehead atoms. The smallest absolute Gasteiger partial charge is 0.273 e. The van der Waals surface area contributed by atoms with Crippen LogP contribution in [0, 0.1) is 10.1 Å². The number of alkyl halides is 1. The van der Waals surface area contributed by atoms with E-state index in [1.807, 2.05) is 6.92 Å². The summed E-state index contributed by atoms with van der Waals surface area (Å²) in [5, 5.41) is 10.5. The van der Waals surface area contributed by atoms with Crippen LogP contribution in [-0.4, -0.2) is 12.0 Å². The highest BCUT2D eigenvalue weighted by molar-refractivity contribution is 14.1. The number of hydrogen-bond donors (Lipinski definition) is 0. The van der Waals surface area contributed by atoms with E-state index in [1.165, 1.54) is 19.2 Å². The second-order valence-electron chi connectivity index (χ2n) is 2.80. The highest BCUT2D eigenvalue weighted by atomic mass is 127. The maximum absolute atomic E-state index is 10.5. The lowest BCUT2D eigenvalue weighted by Gasteiger charge is -2.09. The van der Waals surface area contributed by atoms with Crippen LogP contribution >= 0.6 is 22.6 Å². The first-order valence-corrected chi connectivity index (χ1v) is 5.27. The molecule has 1 atom stereocenters. The Kier molecular flexibility index (Phi) is 3.68. The minimum absolute atomic E-state index is 0.0580. The third kappa shape index (κ3) is 2.34. The largest absolute Gasteiger partial charge is 0.496 e. The van der Waals surface area contributed by atoms with E-state index >= 15 is 0 Å². The third-order valence-corrected chi connectivity index (χ3v) is 2.53. The number of rotatable bonds is 3. The number of nitro benzene ring substituents is 1. The predicted octanol–water partition coefficient (Wildman–Crippen LogP) is 3.10. The van der Waals surface area contributed by atoms with Crippen molar-refractivity contribution < 1.29 is 9.66 Å². The molecule has 0 aliphatic rings. The van der Waals surface area contributed by atoms with Crippen LogP contribution in [0.2, 0.25) is 0 Å². The molecule has 0 amide bonds. The van der Waals surface area contributed by atoms with Gasteiger partial charge in [-0.1, -0.05) is 22.6 Å². The van der Waals surface area contributed by atoms with Crippen molar-refractivity contribution in [3.63, 3.8) is 0 Å². The summed E-state index contributed by atoms with van der Waals surface area (Å²) in [6.07, 6.45) is 0. The summed E-state index contributed by atoms with van der Waals surface area (Å²) in [5.74, 6) is 0.570. The summed E-state index contributed by atoms with van der Waals surface area (Å²) in [7, 11) is 1.52. The van der Waals surface area contributed by atoms with Gasteiger partial charge in [0.05, 0.1) is 18.1 Å². The topological polar surface area (TPSA) is 52.4 Å². The molecule has 0 saturated heterocycles. The molecule has 0 aromatic heterocycles. The summed E-state index contributed by atoms with van der Waals surface area (Å²) in [6.45, 7) is 2.00. The Hall–Kier alpha value is -0.850. The van der Waals surface area contributed by atoms with Gasteiger partial charge in [-0.15, -0.1) is 0 Å². The molecule has 0 radical (unpaired) electrons. The molecule has 1 aromatic carbocycles. The van der Waals surface area contributed by atoms with Crippen molar-refractivity contribution in [2.45, 2.75) is 10.8 Å². The van der Waals surface area contributed by atoms with Crippen molar-refractivity contribution >= 4 is 28.3 Å². The molecular weight excluding hydrogens is 297 g/mol. The van der Waals surface area contributed by atoms with E-state index in [9.17, 15) is 10.1 Å². The summed E-state index contributed by atoms with van der Waals surface area (Å²) in [6, 6.07) is 4.67. The van der Waals surface area contributed by atoms with Gasteiger partial charge in [-0.25, -0.2) is 0 Å². The molecule has 0 heterocycles. The lowest BCUT2D eigenvalue weighted by Crippen LogP contribution is -1.95. The fourth-order valence-electron chi connectivity index (χ4n) is 1.14. The van der Waals surface area contributed by atoms with Gasteiger partial charge in [0.2, 0.25) is 0 Å². The molecule has 0 aliphatic carbocycles. The van der Waals surface area contributed by atoms with Crippen LogP contribution in [0.3, 0.4) is 0 Å². The second-order valence-corrected chi connectivity index (χ2v) is 4.67. The van der Waals surface area contributed by atoms with E-state index < -0.39 is 4.92 Å². The van der Waals surface area contributed by atoms with Gasteiger partial charge in [-0.2, -0.15) is 0 Å². The van der Waals surface area contributed by atoms with Gasteiger partial charge in [0.25, 0.3) is 5.69 Å². The minimum atomic E-state index is -0.426. The SMILES string of the molecule is COc1cc([N+](=O)[O-])ccc1C(C)I. The van der Waals surface area contributed by atoms with Crippen molar-refractivity contribution in [2.24, 2.45) is 0 Å². The maximum atomic E-state index is 10.5. The fraction of sp³-hybridized carbons (Fsp3) is 0.333. The first kappa shape index (κ1) is 11.2. The molecule has 1 rings (SSSR count). The van der Waals surface area contributed by atoms with Crippen molar-refractivity contribution in [1.82, 2.24) is 0 Å². The lowest BCUT2D eigenvalue weighted by atomic mass is 10.1. The van der Waals surface area contributed by atoms with Gasteiger partial charge in [0.1, 0.15) is 5.75 Å². The molecule has 0 N–H and O–H groups in total. The number of methoxy groups -OCH3 is 1. The maximum Gasteiger partial charge on any atom is 0.273 e. The van der Waals surface area contributed by atoms with Crippen LogP contribution in [0.15, 0.2) is 18.2 Å². The zero-order valence-corrected chi connectivity index (χ0v) is 10.0. The zero-order chi connectivity index (χ0) is 10.7. The summed E-state index contributed by atoms with van der Waals surface area (Å²) < 4.78 is 5.36. The number of nitro groups is 1. The number of hydrogen-bond acceptors (Lipinski definition) is 3. The molecule has 0 saturated carbocycles. The molecule has 1 aromatic rings. The molecular formula is C9H10INO3. The Balaban J connectivity index is 3.18. The number of ether oxygens (including phenoxy) is 1. The third-order valence-electron chi connectivity index (χ3n) is 1.86. The summed E-state index contributed by atoms with van der Waals surface area (Å²) in [5.41, 5.74) is 1.03. The average molecular weight is 307 g/mol. The average Bonchev–Trinajstić information content (AvgIpc) is 2.16. The Morgan fingerprint density at radius 3 is 2.64 bits per heavy atom. The van der Waals surface area contributed by atoms with Gasteiger partial charge >= 0.3 is 0 Å². The van der Waals surface area contributed by atoms with Crippen molar-refractivity contribution in [2.75, 3.05) is 7.11 Å². The number of non-ortho nitro benzene ring substituents is 1. The highest BCUT2D eigenvalue weighted by Gasteiger charge is 2.13. The summed E-state index contributed by atoms with van der Waals surface area (Å²) in [4.78, 5) is 10.1. The van der Waals surface area contributed by atoms with Crippen molar-refractivity contribution in [3.05, 3.63) is 33.9 Å². The molecule has 0 spiro atoms. The van der Waals surface area contributed by atoms with E-state index in [2.05, 4.69) is 22.6 Å². The quantitative estimate of drug-likeness (QED) is 0.373. The molecule has 0 fully saturated rings. The Morgan fingerprint density at radius 1 is 1.57 bits per heavy atom. The van der Waals surface area contributed by atoms with Crippen LogP contribution in [0.4, 0.5) is 5.69 Å². The van der Waals surface area contributed by atoms with Crippen molar-refractivity contribution in [3.8, 4) is 5.75 Å². The Bertz CT molecular complexity index is 352. The van der Waals surface area contributed by atoms with E-state index in [-0.39, 0.29) is 9.61 Å². The highest BCUT2D eigenvalue weighted by Crippen LogP contribution is 2.33. The van der Waals surface area contributed by atoms with E-state index in [0.717, 1.165) is 5.56 Å². The second kappa shape index (κ2) is 4.59. The van der Waals surface area contributed by atoms with Crippen LogP contribution in [0.25, 0.3) is 0 Å². The summed E-state index contributed by atoms with van der Waals surface area (Å²) >= 11 is 2.24. The van der Waals surface area contributed by atoms with Gasteiger partial charge < -0.3 is 4.74 Å². The molecule has 1 unspecified atom stereocenters. The van der Waals surface area contributed by atoms with Crippen LogP contribution in [-0.2, 0) is 0 Å². The van der Waals surface area contributed by atoms with Gasteiger partial charge in [-0.3, -0.25) is 10.1 Å². The monoisotopic (exact) mass is 307 g/mol. The molecule has 0 aliphatic heterocycles. The van der Waals surface area contributed by atoms with Crippen LogP contribution in [0.5, 0.6) is 5.75 Å². The van der Waals surface area contributed by atoms with Crippen molar-refractivity contribution in [1.29, 1.82) is 0 Å². The normalized spacial score (nSPS) is 12.2. The molecule has 14 heavy (non-hydrogen) atoms. The van der Waals surface area contributed by atoms with Gasteiger partial charge in [-0.05, 0) is 13.0 Å². The number of nitrogens with zero attached hydrogens (tertiary/aromatic N) is 1. The standard InChI is InChI=1S/C9H10INO3/c1-6(10)8-4-3-7(11(12)13)5-9(8)14-2/h3-6H,1-2H3. The molecule has 76 valence electrons. The molecule has 5 heteroatoms. The molecule has 4 nitrogen and oxygen atoms in total. The van der Waals surface area contributed by atoms with Gasteiger partial charge in [0.15, 0.2) is 0 Å². The first-order valence-electron chi connectivity index (χ1n) is 4.02. The minimum Gasteiger partial charge on any atom is -0.496 e. The first-order chi connectivity index (χ1) is 6.56. The number of halogens is 1.